The summed E-state index contributed by atoms with van der Waals surface area (Å²) in [6, 6.07) is 50.1. The molecule has 0 aliphatic carbocycles. The van der Waals surface area contributed by atoms with Gasteiger partial charge in [-0.3, -0.25) is 0 Å². The second kappa shape index (κ2) is 8.08. The number of para-hydroxylation sites is 1. The summed E-state index contributed by atoms with van der Waals surface area (Å²) in [5.41, 5.74) is 8.38. The Balaban J connectivity index is 1.37. The van der Waals surface area contributed by atoms with E-state index in [1.807, 2.05) is 0 Å². The molecule has 9 rings (SSSR count). The number of fused-ring (bicyclic) bond motifs is 7. The van der Waals surface area contributed by atoms with Gasteiger partial charge in [0.25, 0.3) is 0 Å². The molecular weight excluding hydrogens is 486 g/mol. The molecule has 2 heteroatoms. The second-order valence-electron chi connectivity index (χ2n) is 10.5. The Hall–Kier alpha value is -5.34. The molecule has 2 nitrogen and oxygen atoms in total. The zero-order chi connectivity index (χ0) is 26.2. The van der Waals surface area contributed by atoms with Gasteiger partial charge in [-0.25, -0.2) is 0 Å². The van der Waals surface area contributed by atoms with Crippen molar-refractivity contribution in [1.29, 1.82) is 0 Å². The number of hydrogen-bond donors (Lipinski definition) is 0. The summed E-state index contributed by atoms with van der Waals surface area (Å²) in [5, 5.41) is 7.41. The van der Waals surface area contributed by atoms with Crippen LogP contribution in [-0.4, -0.2) is 4.57 Å². The topological polar surface area (TPSA) is 14.2 Å². The molecule has 7 aromatic carbocycles. The van der Waals surface area contributed by atoms with Gasteiger partial charge in [0.2, 0.25) is 0 Å². The van der Waals surface area contributed by atoms with E-state index in [-0.39, 0.29) is 0 Å². The Labute approximate surface area is 231 Å². The Morgan fingerprint density at radius 3 is 2.15 bits per heavy atom. The van der Waals surface area contributed by atoms with E-state index >= 15 is 0 Å². The zero-order valence-corrected chi connectivity index (χ0v) is 21.6. The number of rotatable bonds is 2. The van der Waals surface area contributed by atoms with Crippen molar-refractivity contribution in [2.24, 2.45) is 0 Å². The fourth-order valence-electron chi connectivity index (χ4n) is 6.65. The van der Waals surface area contributed by atoms with Crippen molar-refractivity contribution in [3.8, 4) is 39.4 Å². The molecule has 0 bridgehead atoms. The fraction of sp³-hybridized carbons (Fsp3) is 0. The van der Waals surface area contributed by atoms with Crippen LogP contribution in [0.25, 0.3) is 71.3 Å². The van der Waals surface area contributed by atoms with E-state index in [1.54, 1.807) is 0 Å². The van der Waals surface area contributed by atoms with E-state index in [0.717, 1.165) is 22.7 Å². The maximum absolute atomic E-state index is 6.40. The van der Waals surface area contributed by atoms with Crippen LogP contribution in [0.4, 0.5) is 0 Å². The molecule has 8 aromatic rings. The van der Waals surface area contributed by atoms with Crippen molar-refractivity contribution in [3.05, 3.63) is 140 Å². The standard InChI is InChI=1S/C38H23NO/c1-2-12-27(13-3-1)39-33-17-8-15-28(37(33)31-21-19-24-9-4-5-14-29(24)38(31)39)26-20-22-34-32(23-26)30-16-6-10-25-11-7-18-35(40-34)36(25)30/h1-23H. The molecule has 0 spiro atoms. The Morgan fingerprint density at radius 1 is 0.450 bits per heavy atom. The van der Waals surface area contributed by atoms with Crippen molar-refractivity contribution >= 4 is 43.4 Å². The molecule has 0 fully saturated rings. The van der Waals surface area contributed by atoms with E-state index in [1.165, 1.54) is 60.0 Å². The van der Waals surface area contributed by atoms with Gasteiger partial charge < -0.3 is 9.30 Å². The summed E-state index contributed by atoms with van der Waals surface area (Å²) in [5.74, 6) is 1.83. The third-order valence-electron chi connectivity index (χ3n) is 8.36. The van der Waals surface area contributed by atoms with Crippen LogP contribution in [0, 0.1) is 0 Å². The predicted octanol–water partition coefficient (Wildman–Crippen LogP) is 10.5. The van der Waals surface area contributed by atoms with Gasteiger partial charge in [0.05, 0.1) is 11.0 Å². The van der Waals surface area contributed by atoms with Gasteiger partial charge in [-0.1, -0.05) is 103 Å². The Morgan fingerprint density at radius 2 is 1.23 bits per heavy atom. The smallest absolute Gasteiger partial charge is 0.135 e. The second-order valence-corrected chi connectivity index (χ2v) is 10.5. The molecule has 0 radical (unpaired) electrons. The van der Waals surface area contributed by atoms with Crippen LogP contribution in [0.5, 0.6) is 11.5 Å². The zero-order valence-electron chi connectivity index (χ0n) is 21.6. The first-order valence-electron chi connectivity index (χ1n) is 13.7. The van der Waals surface area contributed by atoms with E-state index in [2.05, 4.69) is 144 Å². The highest BCUT2D eigenvalue weighted by Gasteiger charge is 2.22. The minimum absolute atomic E-state index is 0.903. The third-order valence-corrected chi connectivity index (χ3v) is 8.36. The first-order chi connectivity index (χ1) is 19.8. The van der Waals surface area contributed by atoms with Gasteiger partial charge in [0.15, 0.2) is 0 Å². The van der Waals surface area contributed by atoms with Gasteiger partial charge in [-0.05, 0) is 63.9 Å². The minimum Gasteiger partial charge on any atom is -0.456 e. The molecule has 0 saturated heterocycles. The SMILES string of the molecule is c1ccc(-n2c3cccc(-c4ccc5c(c4)-c4cccc6cccc(c46)O5)c3c3ccc4ccccc4c32)cc1. The molecule has 0 atom stereocenters. The summed E-state index contributed by atoms with van der Waals surface area (Å²) < 4.78 is 8.83. The number of nitrogens with zero attached hydrogens (tertiary/aromatic N) is 1. The molecule has 40 heavy (non-hydrogen) atoms. The van der Waals surface area contributed by atoms with Crippen molar-refractivity contribution in [2.75, 3.05) is 0 Å². The van der Waals surface area contributed by atoms with Crippen molar-refractivity contribution in [1.82, 2.24) is 4.57 Å². The Kier molecular flexibility index (Phi) is 4.36. The normalized spacial score (nSPS) is 12.2. The van der Waals surface area contributed by atoms with Crippen LogP contribution >= 0.6 is 0 Å². The van der Waals surface area contributed by atoms with Crippen molar-refractivity contribution in [3.63, 3.8) is 0 Å². The largest absolute Gasteiger partial charge is 0.456 e. The van der Waals surface area contributed by atoms with Crippen LogP contribution in [-0.2, 0) is 0 Å². The summed E-state index contributed by atoms with van der Waals surface area (Å²) in [7, 11) is 0. The predicted molar refractivity (Wildman–Crippen MR) is 167 cm³/mol. The highest BCUT2D eigenvalue weighted by atomic mass is 16.5. The molecule has 1 aliphatic rings. The first-order valence-corrected chi connectivity index (χ1v) is 13.7. The van der Waals surface area contributed by atoms with Gasteiger partial charge in [-0.15, -0.1) is 0 Å². The van der Waals surface area contributed by atoms with Gasteiger partial charge in [0.1, 0.15) is 11.5 Å². The van der Waals surface area contributed by atoms with Gasteiger partial charge >= 0.3 is 0 Å². The number of ether oxygens (including phenoxy) is 1. The van der Waals surface area contributed by atoms with Gasteiger partial charge in [0, 0.05) is 32.8 Å². The third kappa shape index (κ3) is 2.93. The summed E-state index contributed by atoms with van der Waals surface area (Å²) in [6.07, 6.45) is 0. The quantitative estimate of drug-likeness (QED) is 0.226. The first kappa shape index (κ1) is 21.6. The molecule has 1 aliphatic heterocycles. The molecule has 0 saturated carbocycles. The lowest BCUT2D eigenvalue weighted by Crippen LogP contribution is -1.97. The Bertz CT molecular complexity index is 2290. The van der Waals surface area contributed by atoms with E-state index in [0.29, 0.717) is 0 Å². The number of hydrogen-bond acceptors (Lipinski definition) is 1. The lowest BCUT2D eigenvalue weighted by atomic mass is 9.91. The molecule has 2 heterocycles. The monoisotopic (exact) mass is 509 g/mol. The summed E-state index contributed by atoms with van der Waals surface area (Å²) >= 11 is 0. The highest BCUT2D eigenvalue weighted by molar-refractivity contribution is 6.22. The van der Waals surface area contributed by atoms with Gasteiger partial charge in [-0.2, -0.15) is 0 Å². The average molecular weight is 510 g/mol. The molecular formula is C38H23NO. The van der Waals surface area contributed by atoms with Crippen LogP contribution in [0.1, 0.15) is 0 Å². The maximum Gasteiger partial charge on any atom is 0.135 e. The lowest BCUT2D eigenvalue weighted by molar-refractivity contribution is 0.487. The molecule has 186 valence electrons. The molecule has 0 amide bonds. The summed E-state index contributed by atoms with van der Waals surface area (Å²) in [6.45, 7) is 0. The number of aromatic nitrogens is 1. The maximum atomic E-state index is 6.40. The van der Waals surface area contributed by atoms with E-state index < -0.39 is 0 Å². The minimum atomic E-state index is 0.903. The van der Waals surface area contributed by atoms with E-state index in [4.69, 9.17) is 4.74 Å². The average Bonchev–Trinajstić information content (AvgIpc) is 3.37. The summed E-state index contributed by atoms with van der Waals surface area (Å²) in [4.78, 5) is 0. The lowest BCUT2D eigenvalue weighted by Gasteiger charge is -2.22. The molecule has 1 aromatic heterocycles. The van der Waals surface area contributed by atoms with E-state index in [9.17, 15) is 0 Å². The van der Waals surface area contributed by atoms with Crippen LogP contribution in [0.3, 0.4) is 0 Å². The van der Waals surface area contributed by atoms with Crippen LogP contribution in [0.2, 0.25) is 0 Å². The highest BCUT2D eigenvalue weighted by Crippen LogP contribution is 2.48. The molecule has 0 unspecified atom stereocenters. The van der Waals surface area contributed by atoms with Crippen LogP contribution in [0.15, 0.2) is 140 Å². The molecule has 0 N–H and O–H groups in total. The number of benzene rings is 7. The van der Waals surface area contributed by atoms with Crippen LogP contribution < -0.4 is 4.74 Å². The fourth-order valence-corrected chi connectivity index (χ4v) is 6.65. The van der Waals surface area contributed by atoms with Crippen molar-refractivity contribution < 1.29 is 4.74 Å². The van der Waals surface area contributed by atoms with Crippen molar-refractivity contribution in [2.45, 2.75) is 0 Å².